The summed E-state index contributed by atoms with van der Waals surface area (Å²) in [5, 5.41) is 8.66. The van der Waals surface area contributed by atoms with E-state index in [1.165, 1.54) is 17.7 Å². The van der Waals surface area contributed by atoms with Crippen molar-refractivity contribution in [2.75, 3.05) is 5.32 Å². The smallest absolute Gasteiger partial charge is 0.0637 e. The first kappa shape index (κ1) is 11.6. The van der Waals surface area contributed by atoms with Gasteiger partial charge in [0.25, 0.3) is 0 Å². The molecule has 1 aromatic carbocycles. The number of rotatable bonds is 2. The van der Waals surface area contributed by atoms with E-state index in [1.807, 2.05) is 42.2 Å². The molecule has 0 bridgehead atoms. The standard InChI is InChI=1S/C14H16ClN3/c1-18-14-8-4-7-12(10(14)9-16-18)17-13-6-3-2-5-11(13)15/h2-3,5-6,9,12,17H,4,7-8H2,1H3. The lowest BCUT2D eigenvalue weighted by Gasteiger charge is -2.25. The van der Waals surface area contributed by atoms with E-state index >= 15 is 0 Å². The second kappa shape index (κ2) is 4.65. The van der Waals surface area contributed by atoms with E-state index in [-0.39, 0.29) is 0 Å². The lowest BCUT2D eigenvalue weighted by molar-refractivity contribution is 0.571. The van der Waals surface area contributed by atoms with Gasteiger partial charge < -0.3 is 5.32 Å². The van der Waals surface area contributed by atoms with Crippen LogP contribution >= 0.6 is 11.6 Å². The first-order valence-corrected chi connectivity index (χ1v) is 6.65. The van der Waals surface area contributed by atoms with Gasteiger partial charge in [-0.25, -0.2) is 0 Å². The van der Waals surface area contributed by atoms with E-state index < -0.39 is 0 Å². The number of nitrogens with one attached hydrogen (secondary N) is 1. The SMILES string of the molecule is Cn1ncc2c1CCCC2Nc1ccccc1Cl. The van der Waals surface area contributed by atoms with E-state index in [1.54, 1.807) is 0 Å². The molecular formula is C14H16ClN3. The molecule has 94 valence electrons. The van der Waals surface area contributed by atoms with Gasteiger partial charge in [-0.05, 0) is 31.4 Å². The summed E-state index contributed by atoms with van der Waals surface area (Å²) in [6.45, 7) is 0. The molecular weight excluding hydrogens is 246 g/mol. The number of halogens is 1. The average Bonchev–Trinajstić information content (AvgIpc) is 2.76. The van der Waals surface area contributed by atoms with Gasteiger partial charge in [0.15, 0.2) is 0 Å². The van der Waals surface area contributed by atoms with Crippen LogP contribution in [-0.2, 0) is 13.5 Å². The third-order valence-electron chi connectivity index (χ3n) is 3.58. The lowest BCUT2D eigenvalue weighted by atomic mass is 9.93. The summed E-state index contributed by atoms with van der Waals surface area (Å²) in [4.78, 5) is 0. The summed E-state index contributed by atoms with van der Waals surface area (Å²) in [6.07, 6.45) is 5.41. The molecule has 1 heterocycles. The summed E-state index contributed by atoms with van der Waals surface area (Å²) < 4.78 is 1.98. The predicted octanol–water partition coefficient (Wildman–Crippen LogP) is 3.56. The molecule has 1 aromatic heterocycles. The number of fused-ring (bicyclic) bond motifs is 1. The molecule has 3 nitrogen and oxygen atoms in total. The molecule has 2 aromatic rings. The molecule has 4 heteroatoms. The van der Waals surface area contributed by atoms with Crippen molar-refractivity contribution in [1.82, 2.24) is 9.78 Å². The Labute approximate surface area is 112 Å². The lowest BCUT2D eigenvalue weighted by Crippen LogP contribution is -2.17. The van der Waals surface area contributed by atoms with Gasteiger partial charge in [0.2, 0.25) is 0 Å². The topological polar surface area (TPSA) is 29.9 Å². The van der Waals surface area contributed by atoms with Crippen molar-refractivity contribution in [1.29, 1.82) is 0 Å². The Morgan fingerprint density at radius 3 is 3.06 bits per heavy atom. The summed E-state index contributed by atoms with van der Waals surface area (Å²) in [5.41, 5.74) is 3.65. The van der Waals surface area contributed by atoms with Gasteiger partial charge in [0.1, 0.15) is 0 Å². The zero-order valence-electron chi connectivity index (χ0n) is 10.4. The summed E-state index contributed by atoms with van der Waals surface area (Å²) in [6, 6.07) is 8.21. The van der Waals surface area contributed by atoms with Crippen LogP contribution in [0.1, 0.15) is 30.1 Å². The highest BCUT2D eigenvalue weighted by Crippen LogP contribution is 2.33. The number of benzene rings is 1. The minimum atomic E-state index is 0.322. The highest BCUT2D eigenvalue weighted by molar-refractivity contribution is 6.33. The van der Waals surface area contributed by atoms with E-state index in [2.05, 4.69) is 10.4 Å². The van der Waals surface area contributed by atoms with E-state index in [4.69, 9.17) is 11.6 Å². The maximum Gasteiger partial charge on any atom is 0.0637 e. The fraction of sp³-hybridized carbons (Fsp3) is 0.357. The third-order valence-corrected chi connectivity index (χ3v) is 3.91. The molecule has 3 rings (SSSR count). The number of hydrogen-bond acceptors (Lipinski definition) is 2. The van der Waals surface area contributed by atoms with E-state index in [9.17, 15) is 0 Å². The second-order valence-corrected chi connectivity index (χ2v) is 5.15. The first-order valence-electron chi connectivity index (χ1n) is 6.27. The minimum absolute atomic E-state index is 0.322. The highest BCUT2D eigenvalue weighted by atomic mass is 35.5. The van der Waals surface area contributed by atoms with Gasteiger partial charge in [-0.15, -0.1) is 0 Å². The van der Waals surface area contributed by atoms with Crippen LogP contribution in [0.25, 0.3) is 0 Å². The van der Waals surface area contributed by atoms with Crippen molar-refractivity contribution in [2.24, 2.45) is 7.05 Å². The molecule has 0 aliphatic heterocycles. The number of aromatic nitrogens is 2. The van der Waals surface area contributed by atoms with E-state index in [0.717, 1.165) is 23.6 Å². The fourth-order valence-corrected chi connectivity index (χ4v) is 2.81. The zero-order chi connectivity index (χ0) is 12.5. The molecule has 0 amide bonds. The molecule has 1 aliphatic rings. The van der Waals surface area contributed by atoms with Crippen LogP contribution in [-0.4, -0.2) is 9.78 Å². The van der Waals surface area contributed by atoms with Crippen molar-refractivity contribution in [3.8, 4) is 0 Å². The van der Waals surface area contributed by atoms with Crippen LogP contribution in [0.5, 0.6) is 0 Å². The summed E-state index contributed by atoms with van der Waals surface area (Å²) in [7, 11) is 2.01. The first-order chi connectivity index (χ1) is 8.75. The van der Waals surface area contributed by atoms with Gasteiger partial charge in [0, 0.05) is 18.3 Å². The normalized spacial score (nSPS) is 18.4. The molecule has 0 saturated heterocycles. The van der Waals surface area contributed by atoms with Crippen LogP contribution in [0, 0.1) is 0 Å². The molecule has 1 atom stereocenters. The summed E-state index contributed by atoms with van der Waals surface area (Å²) in [5.74, 6) is 0. The van der Waals surface area contributed by atoms with Gasteiger partial charge in [0.05, 0.1) is 22.9 Å². The Morgan fingerprint density at radius 1 is 1.39 bits per heavy atom. The second-order valence-electron chi connectivity index (χ2n) is 4.74. The van der Waals surface area contributed by atoms with Crippen molar-refractivity contribution in [2.45, 2.75) is 25.3 Å². The van der Waals surface area contributed by atoms with Gasteiger partial charge in [-0.1, -0.05) is 23.7 Å². The predicted molar refractivity (Wildman–Crippen MR) is 74.0 cm³/mol. The highest BCUT2D eigenvalue weighted by Gasteiger charge is 2.23. The molecule has 0 fully saturated rings. The molecule has 18 heavy (non-hydrogen) atoms. The zero-order valence-corrected chi connectivity index (χ0v) is 11.1. The van der Waals surface area contributed by atoms with Crippen LogP contribution in [0.4, 0.5) is 5.69 Å². The van der Waals surface area contributed by atoms with Gasteiger partial charge in [-0.3, -0.25) is 4.68 Å². The van der Waals surface area contributed by atoms with Gasteiger partial charge >= 0.3 is 0 Å². The van der Waals surface area contributed by atoms with Crippen LogP contribution < -0.4 is 5.32 Å². The van der Waals surface area contributed by atoms with Gasteiger partial charge in [-0.2, -0.15) is 5.10 Å². The van der Waals surface area contributed by atoms with Crippen molar-refractivity contribution in [3.05, 3.63) is 46.7 Å². The molecule has 0 saturated carbocycles. The molecule has 1 unspecified atom stereocenters. The number of para-hydroxylation sites is 1. The number of anilines is 1. The fourth-order valence-electron chi connectivity index (χ4n) is 2.62. The Hall–Kier alpha value is -1.48. The van der Waals surface area contributed by atoms with Crippen molar-refractivity contribution < 1.29 is 0 Å². The van der Waals surface area contributed by atoms with Crippen molar-refractivity contribution >= 4 is 17.3 Å². The number of hydrogen-bond donors (Lipinski definition) is 1. The molecule has 1 aliphatic carbocycles. The third kappa shape index (κ3) is 1.99. The average molecular weight is 262 g/mol. The molecule has 1 N–H and O–H groups in total. The Balaban J connectivity index is 1.89. The molecule has 0 radical (unpaired) electrons. The summed E-state index contributed by atoms with van der Waals surface area (Å²) >= 11 is 6.19. The van der Waals surface area contributed by atoms with E-state index in [0.29, 0.717) is 6.04 Å². The van der Waals surface area contributed by atoms with Crippen LogP contribution in [0.15, 0.2) is 30.5 Å². The largest absolute Gasteiger partial charge is 0.377 e. The van der Waals surface area contributed by atoms with Crippen LogP contribution in [0.3, 0.4) is 0 Å². The Kier molecular flexibility index (Phi) is 3.00. The molecule has 0 spiro atoms. The minimum Gasteiger partial charge on any atom is -0.377 e. The van der Waals surface area contributed by atoms with Crippen molar-refractivity contribution in [3.63, 3.8) is 0 Å². The Morgan fingerprint density at radius 2 is 2.22 bits per heavy atom. The van der Waals surface area contributed by atoms with Crippen LogP contribution in [0.2, 0.25) is 5.02 Å². The maximum atomic E-state index is 6.19. The Bertz CT molecular complexity index is 562. The number of aryl methyl sites for hydroxylation is 1. The maximum absolute atomic E-state index is 6.19. The monoisotopic (exact) mass is 261 g/mol. The quantitative estimate of drug-likeness (QED) is 0.896. The number of nitrogens with zero attached hydrogens (tertiary/aromatic N) is 2.